The largest absolute Gasteiger partial charge is 0.391 e. The Hall–Kier alpha value is -1.36. The summed E-state index contributed by atoms with van der Waals surface area (Å²) in [7, 11) is 0. The van der Waals surface area contributed by atoms with Crippen molar-refractivity contribution in [3.63, 3.8) is 0 Å². The maximum Gasteiger partial charge on any atom is 0.134 e. The summed E-state index contributed by atoms with van der Waals surface area (Å²) in [5.74, 6) is 1.66. The lowest BCUT2D eigenvalue weighted by Crippen LogP contribution is -2.22. The Morgan fingerprint density at radius 3 is 3.00 bits per heavy atom. The van der Waals surface area contributed by atoms with Gasteiger partial charge in [-0.1, -0.05) is 0 Å². The molecule has 1 unspecified atom stereocenters. The Labute approximate surface area is 88.7 Å². The van der Waals surface area contributed by atoms with E-state index in [-0.39, 0.29) is 6.10 Å². The number of aliphatic hydroxyl groups is 1. The number of aromatic nitrogens is 2. The second-order valence-corrected chi connectivity index (χ2v) is 4.02. The van der Waals surface area contributed by atoms with Crippen LogP contribution in [0.4, 0.5) is 11.6 Å². The van der Waals surface area contributed by atoms with Crippen LogP contribution < -0.4 is 11.1 Å². The third-order valence-corrected chi connectivity index (χ3v) is 2.77. The quantitative estimate of drug-likeness (QED) is 0.673. The number of hydrogen-bond acceptors (Lipinski definition) is 5. The van der Waals surface area contributed by atoms with Crippen LogP contribution in [0.1, 0.15) is 18.4 Å². The van der Waals surface area contributed by atoms with Gasteiger partial charge < -0.3 is 16.2 Å². The van der Waals surface area contributed by atoms with Crippen molar-refractivity contribution in [2.45, 2.75) is 25.9 Å². The molecule has 1 heterocycles. The van der Waals surface area contributed by atoms with Gasteiger partial charge in [-0.05, 0) is 25.7 Å². The van der Waals surface area contributed by atoms with Crippen LogP contribution in [0.2, 0.25) is 0 Å². The molecule has 0 bridgehead atoms. The molecule has 1 aliphatic rings. The summed E-state index contributed by atoms with van der Waals surface area (Å²) in [5, 5.41) is 12.8. The normalized spacial score (nSPS) is 17.5. The highest BCUT2D eigenvalue weighted by Gasteiger charge is 2.29. The van der Waals surface area contributed by atoms with Gasteiger partial charge in [0, 0.05) is 12.1 Å². The van der Waals surface area contributed by atoms with Gasteiger partial charge in [0.05, 0.1) is 6.10 Å². The summed E-state index contributed by atoms with van der Waals surface area (Å²) in [5.41, 5.74) is 6.48. The molecule has 1 saturated carbocycles. The number of rotatable bonds is 4. The van der Waals surface area contributed by atoms with Gasteiger partial charge in [0.1, 0.15) is 18.0 Å². The molecule has 1 aliphatic carbocycles. The van der Waals surface area contributed by atoms with Crippen molar-refractivity contribution >= 4 is 11.6 Å². The molecule has 82 valence electrons. The molecule has 1 fully saturated rings. The first-order valence-corrected chi connectivity index (χ1v) is 5.17. The van der Waals surface area contributed by atoms with Crippen LogP contribution in [-0.4, -0.2) is 27.7 Å². The topological polar surface area (TPSA) is 84.1 Å². The van der Waals surface area contributed by atoms with Gasteiger partial charge in [0.2, 0.25) is 0 Å². The van der Waals surface area contributed by atoms with Crippen molar-refractivity contribution in [2.24, 2.45) is 5.92 Å². The molecule has 1 atom stereocenters. The van der Waals surface area contributed by atoms with Gasteiger partial charge in [0.25, 0.3) is 0 Å². The Kier molecular flexibility index (Phi) is 2.73. The predicted octanol–water partition coefficient (Wildman–Crippen LogP) is 0.550. The zero-order valence-electron chi connectivity index (χ0n) is 8.77. The second kappa shape index (κ2) is 4.02. The average Bonchev–Trinajstić information content (AvgIpc) is 3.03. The summed E-state index contributed by atoms with van der Waals surface area (Å²) in [6, 6.07) is 0. The third-order valence-electron chi connectivity index (χ3n) is 2.77. The summed E-state index contributed by atoms with van der Waals surface area (Å²) >= 11 is 0. The summed E-state index contributed by atoms with van der Waals surface area (Å²) < 4.78 is 0. The van der Waals surface area contributed by atoms with E-state index < -0.39 is 0 Å². The van der Waals surface area contributed by atoms with Gasteiger partial charge >= 0.3 is 0 Å². The van der Waals surface area contributed by atoms with Crippen LogP contribution in [0.25, 0.3) is 0 Å². The zero-order valence-corrected chi connectivity index (χ0v) is 8.77. The van der Waals surface area contributed by atoms with E-state index in [1.165, 1.54) is 6.33 Å². The van der Waals surface area contributed by atoms with Crippen molar-refractivity contribution in [1.29, 1.82) is 0 Å². The zero-order chi connectivity index (χ0) is 10.8. The van der Waals surface area contributed by atoms with Gasteiger partial charge in [-0.2, -0.15) is 0 Å². The minimum atomic E-state index is -0.277. The number of nitrogen functional groups attached to an aromatic ring is 1. The number of hydrogen-bond donors (Lipinski definition) is 3. The number of aliphatic hydroxyl groups excluding tert-OH is 1. The molecule has 0 saturated heterocycles. The smallest absolute Gasteiger partial charge is 0.134 e. The average molecular weight is 208 g/mol. The molecule has 0 amide bonds. The molecule has 1 aromatic rings. The number of nitrogens with two attached hydrogens (primary N) is 1. The van der Waals surface area contributed by atoms with Crippen molar-refractivity contribution in [1.82, 2.24) is 9.97 Å². The fourth-order valence-corrected chi connectivity index (χ4v) is 1.49. The van der Waals surface area contributed by atoms with E-state index in [1.54, 1.807) is 0 Å². The molecule has 4 N–H and O–H groups in total. The molecular formula is C10H16N4O. The van der Waals surface area contributed by atoms with Crippen LogP contribution >= 0.6 is 0 Å². The lowest BCUT2D eigenvalue weighted by atomic mass is 10.2. The van der Waals surface area contributed by atoms with E-state index in [0.717, 1.165) is 18.4 Å². The molecule has 0 radical (unpaired) electrons. The van der Waals surface area contributed by atoms with E-state index >= 15 is 0 Å². The van der Waals surface area contributed by atoms with E-state index in [9.17, 15) is 5.11 Å². The maximum atomic E-state index is 9.67. The number of anilines is 2. The first-order valence-electron chi connectivity index (χ1n) is 5.17. The highest BCUT2D eigenvalue weighted by molar-refractivity contribution is 5.53. The first kappa shape index (κ1) is 10.2. The SMILES string of the molecule is Cc1c(N)ncnc1NCC(O)C1CC1. The van der Waals surface area contributed by atoms with E-state index in [4.69, 9.17) is 5.73 Å². The van der Waals surface area contributed by atoms with E-state index in [0.29, 0.717) is 24.1 Å². The van der Waals surface area contributed by atoms with Crippen LogP contribution in [0, 0.1) is 12.8 Å². The molecule has 2 rings (SSSR count). The fourth-order valence-electron chi connectivity index (χ4n) is 1.49. The van der Waals surface area contributed by atoms with Crippen molar-refractivity contribution in [2.75, 3.05) is 17.6 Å². The van der Waals surface area contributed by atoms with Crippen LogP contribution in [0.15, 0.2) is 6.33 Å². The summed E-state index contributed by atoms with van der Waals surface area (Å²) in [6.07, 6.45) is 3.41. The fraction of sp³-hybridized carbons (Fsp3) is 0.600. The molecule has 5 heteroatoms. The Balaban J connectivity index is 1.95. The standard InChI is InChI=1S/C10H16N4O/c1-6-9(11)13-5-14-10(6)12-4-8(15)7-2-3-7/h5,7-8,15H,2-4H2,1H3,(H3,11,12,13,14). The maximum absolute atomic E-state index is 9.67. The molecular weight excluding hydrogens is 192 g/mol. The van der Waals surface area contributed by atoms with Crippen LogP contribution in [-0.2, 0) is 0 Å². The lowest BCUT2D eigenvalue weighted by molar-refractivity contribution is 0.164. The molecule has 0 aliphatic heterocycles. The number of nitrogens with zero attached hydrogens (tertiary/aromatic N) is 2. The molecule has 5 nitrogen and oxygen atoms in total. The first-order chi connectivity index (χ1) is 7.18. The van der Waals surface area contributed by atoms with E-state index in [1.807, 2.05) is 6.92 Å². The van der Waals surface area contributed by atoms with Gasteiger partial charge in [-0.25, -0.2) is 9.97 Å². The minimum Gasteiger partial charge on any atom is -0.391 e. The van der Waals surface area contributed by atoms with Gasteiger partial charge in [0.15, 0.2) is 0 Å². The molecule has 15 heavy (non-hydrogen) atoms. The monoisotopic (exact) mass is 208 g/mol. The Morgan fingerprint density at radius 1 is 1.60 bits per heavy atom. The predicted molar refractivity (Wildman–Crippen MR) is 58.4 cm³/mol. The lowest BCUT2D eigenvalue weighted by Gasteiger charge is -2.12. The van der Waals surface area contributed by atoms with E-state index in [2.05, 4.69) is 15.3 Å². The van der Waals surface area contributed by atoms with Crippen molar-refractivity contribution in [3.05, 3.63) is 11.9 Å². The Morgan fingerprint density at radius 2 is 2.33 bits per heavy atom. The highest BCUT2D eigenvalue weighted by Crippen LogP contribution is 2.32. The third kappa shape index (κ3) is 2.36. The summed E-state index contributed by atoms with van der Waals surface area (Å²) in [4.78, 5) is 7.96. The highest BCUT2D eigenvalue weighted by atomic mass is 16.3. The van der Waals surface area contributed by atoms with Gasteiger partial charge in [-0.15, -0.1) is 0 Å². The molecule has 0 aromatic carbocycles. The van der Waals surface area contributed by atoms with Crippen LogP contribution in [0.3, 0.4) is 0 Å². The number of nitrogens with one attached hydrogen (secondary N) is 1. The molecule has 0 spiro atoms. The Bertz CT molecular complexity index is 351. The van der Waals surface area contributed by atoms with Crippen molar-refractivity contribution in [3.8, 4) is 0 Å². The van der Waals surface area contributed by atoms with Crippen molar-refractivity contribution < 1.29 is 5.11 Å². The van der Waals surface area contributed by atoms with Gasteiger partial charge in [-0.3, -0.25) is 0 Å². The summed E-state index contributed by atoms with van der Waals surface area (Å²) in [6.45, 7) is 2.39. The molecule has 1 aromatic heterocycles. The second-order valence-electron chi connectivity index (χ2n) is 4.02. The van der Waals surface area contributed by atoms with Crippen LogP contribution in [0.5, 0.6) is 0 Å². The minimum absolute atomic E-state index is 0.277.